The van der Waals surface area contributed by atoms with E-state index in [1.54, 1.807) is 23.1 Å². The number of amides is 4. The highest BCUT2D eigenvalue weighted by molar-refractivity contribution is 6.43. The molecule has 0 aliphatic carbocycles. The number of rotatable bonds is 7. The molecule has 250 valence electrons. The molecule has 0 saturated carbocycles. The smallest absolute Gasteiger partial charge is 0.404 e. The van der Waals surface area contributed by atoms with Crippen LogP contribution >= 0.6 is 23.2 Å². The number of likely N-dealkylation sites (tertiary alicyclic amines) is 1. The molecule has 5 rings (SSSR count). The minimum atomic E-state index is -1.30. The Balaban J connectivity index is 1.44. The number of hydrogen-bond acceptors (Lipinski definition) is 5. The number of carbonyl (C=O) groups is 3. The number of aromatic nitrogens is 2. The highest BCUT2D eigenvalue weighted by Gasteiger charge is 2.34. The number of anilines is 1. The van der Waals surface area contributed by atoms with Crippen LogP contribution in [0.4, 0.5) is 15.3 Å². The van der Waals surface area contributed by atoms with Gasteiger partial charge < -0.3 is 25.5 Å². The first kappa shape index (κ1) is 34.1. The van der Waals surface area contributed by atoms with Gasteiger partial charge in [0.2, 0.25) is 5.91 Å². The third kappa shape index (κ3) is 7.18. The SMILES string of the molecule is CC(C)(C)c1c(-c2cccc(Cl)c2Cl)c(=O)n(CCNC(=O)O)c(=O)n1CC(=O)N1CCC(N2CCc3ccccc3NC2=O)CC1. The molecular formula is C33H38Cl2N6O6. The van der Waals surface area contributed by atoms with Crippen LogP contribution in [0.2, 0.25) is 10.0 Å². The summed E-state index contributed by atoms with van der Waals surface area (Å²) in [7, 11) is 0. The molecule has 0 atom stereocenters. The van der Waals surface area contributed by atoms with Crippen LogP contribution in [0.15, 0.2) is 52.1 Å². The molecule has 3 N–H and O–H groups in total. The number of para-hydroxylation sites is 1. The molecule has 12 nitrogen and oxygen atoms in total. The predicted octanol–water partition coefficient (Wildman–Crippen LogP) is 4.63. The van der Waals surface area contributed by atoms with E-state index < -0.39 is 22.8 Å². The fourth-order valence-corrected chi connectivity index (χ4v) is 6.83. The number of nitrogens with one attached hydrogen (secondary N) is 2. The van der Waals surface area contributed by atoms with Crippen LogP contribution in [0.25, 0.3) is 11.1 Å². The average molecular weight is 686 g/mol. The van der Waals surface area contributed by atoms with Gasteiger partial charge in [-0.3, -0.25) is 18.7 Å². The second-order valence-corrected chi connectivity index (χ2v) is 13.6. The number of nitrogens with zero attached hydrogens (tertiary/aromatic N) is 4. The Morgan fingerprint density at radius 2 is 1.68 bits per heavy atom. The molecule has 1 aromatic heterocycles. The summed E-state index contributed by atoms with van der Waals surface area (Å²) < 4.78 is 2.22. The summed E-state index contributed by atoms with van der Waals surface area (Å²) in [6.45, 7) is 6.00. The zero-order valence-electron chi connectivity index (χ0n) is 26.5. The summed E-state index contributed by atoms with van der Waals surface area (Å²) >= 11 is 12.9. The van der Waals surface area contributed by atoms with E-state index in [0.717, 1.165) is 22.2 Å². The molecule has 1 saturated heterocycles. The zero-order chi connectivity index (χ0) is 34.0. The van der Waals surface area contributed by atoms with Crippen LogP contribution in [-0.2, 0) is 29.7 Å². The monoisotopic (exact) mass is 684 g/mol. The van der Waals surface area contributed by atoms with Crippen LogP contribution in [0.5, 0.6) is 0 Å². The van der Waals surface area contributed by atoms with E-state index in [0.29, 0.717) is 43.7 Å². The van der Waals surface area contributed by atoms with Gasteiger partial charge >= 0.3 is 17.8 Å². The molecule has 2 aromatic carbocycles. The maximum absolute atomic E-state index is 14.0. The standard InChI is InChI=1S/C33H38Cl2N6O6/c1-33(2,3)28-26(22-8-6-9-23(34)27(22)35)29(43)40(18-14-36-31(45)46)32(47)41(28)19-25(42)38-15-12-21(13-16-38)39-17-11-20-7-4-5-10-24(20)37-30(39)44/h4-10,21,36H,11-19H2,1-3H3,(H,37,44)(H,45,46). The number of urea groups is 1. The van der Waals surface area contributed by atoms with Crippen LogP contribution in [0.1, 0.15) is 44.9 Å². The fourth-order valence-electron chi connectivity index (χ4n) is 6.44. The molecule has 2 aliphatic heterocycles. The minimum Gasteiger partial charge on any atom is -0.465 e. The number of carboxylic acid groups (broad SMARTS) is 1. The molecule has 1 fully saturated rings. The molecule has 0 radical (unpaired) electrons. The van der Waals surface area contributed by atoms with Gasteiger partial charge in [-0.25, -0.2) is 14.4 Å². The number of carbonyl (C=O) groups excluding carboxylic acids is 2. The average Bonchev–Trinajstić information content (AvgIpc) is 3.19. The third-order valence-corrected chi connectivity index (χ3v) is 9.48. The van der Waals surface area contributed by atoms with Crippen LogP contribution in [-0.4, -0.2) is 74.3 Å². The van der Waals surface area contributed by atoms with Crippen LogP contribution in [0, 0.1) is 0 Å². The summed E-state index contributed by atoms with van der Waals surface area (Å²) in [5.74, 6) is -0.319. The molecule has 0 spiro atoms. The number of hydrogen-bond donors (Lipinski definition) is 3. The maximum Gasteiger partial charge on any atom is 0.404 e. The largest absolute Gasteiger partial charge is 0.465 e. The number of fused-ring (bicyclic) bond motifs is 1. The van der Waals surface area contributed by atoms with Crippen molar-refractivity contribution in [3.05, 3.63) is 84.6 Å². The Kier molecular flexibility index (Phi) is 10.0. The van der Waals surface area contributed by atoms with Gasteiger partial charge in [-0.1, -0.05) is 74.3 Å². The van der Waals surface area contributed by atoms with E-state index in [4.69, 9.17) is 28.3 Å². The first-order chi connectivity index (χ1) is 22.3. The van der Waals surface area contributed by atoms with Gasteiger partial charge in [0.25, 0.3) is 5.56 Å². The van der Waals surface area contributed by atoms with E-state index in [1.165, 1.54) is 4.57 Å². The quantitative estimate of drug-likeness (QED) is 0.331. The molecular weight excluding hydrogens is 647 g/mol. The predicted molar refractivity (Wildman–Crippen MR) is 181 cm³/mol. The van der Waals surface area contributed by atoms with E-state index in [2.05, 4.69) is 10.6 Å². The maximum atomic E-state index is 14.0. The highest BCUT2D eigenvalue weighted by Crippen LogP contribution is 2.37. The number of piperidine rings is 1. The lowest BCUT2D eigenvalue weighted by atomic mass is 9.86. The third-order valence-electron chi connectivity index (χ3n) is 8.66. The molecule has 4 amide bonds. The lowest BCUT2D eigenvalue weighted by molar-refractivity contribution is -0.133. The van der Waals surface area contributed by atoms with Crippen LogP contribution < -0.4 is 21.9 Å². The Bertz CT molecular complexity index is 1820. The first-order valence-electron chi connectivity index (χ1n) is 15.5. The molecule has 47 heavy (non-hydrogen) atoms. The van der Waals surface area contributed by atoms with Gasteiger partial charge in [0.05, 0.1) is 15.6 Å². The normalized spacial score (nSPS) is 15.6. The van der Waals surface area contributed by atoms with Crippen molar-refractivity contribution in [3.63, 3.8) is 0 Å². The second kappa shape index (κ2) is 13.8. The van der Waals surface area contributed by atoms with Crippen molar-refractivity contribution in [1.82, 2.24) is 24.3 Å². The Morgan fingerprint density at radius 1 is 0.979 bits per heavy atom. The summed E-state index contributed by atoms with van der Waals surface area (Å²) in [6, 6.07) is 12.4. The molecule has 2 aliphatic rings. The van der Waals surface area contributed by atoms with Crippen molar-refractivity contribution >= 4 is 46.9 Å². The molecule has 3 aromatic rings. The summed E-state index contributed by atoms with van der Waals surface area (Å²) in [4.78, 5) is 69.5. The van der Waals surface area contributed by atoms with Crippen molar-refractivity contribution in [3.8, 4) is 11.1 Å². The van der Waals surface area contributed by atoms with Crippen LogP contribution in [0.3, 0.4) is 0 Å². The molecule has 3 heterocycles. The van der Waals surface area contributed by atoms with Gasteiger partial charge in [0.1, 0.15) is 6.54 Å². The lowest BCUT2D eigenvalue weighted by Gasteiger charge is -2.38. The van der Waals surface area contributed by atoms with Crippen molar-refractivity contribution in [2.75, 3.05) is 31.5 Å². The molecule has 0 unspecified atom stereocenters. The van der Waals surface area contributed by atoms with E-state index in [1.807, 2.05) is 49.9 Å². The van der Waals surface area contributed by atoms with Crippen molar-refractivity contribution in [2.24, 2.45) is 0 Å². The zero-order valence-corrected chi connectivity index (χ0v) is 28.0. The van der Waals surface area contributed by atoms with Crippen molar-refractivity contribution in [2.45, 2.75) is 64.6 Å². The molecule has 0 bridgehead atoms. The lowest BCUT2D eigenvalue weighted by Crippen LogP contribution is -2.52. The summed E-state index contributed by atoms with van der Waals surface area (Å²) in [6.07, 6.45) is 0.563. The second-order valence-electron chi connectivity index (χ2n) is 12.8. The topological polar surface area (TPSA) is 146 Å². The van der Waals surface area contributed by atoms with E-state index in [9.17, 15) is 24.0 Å². The van der Waals surface area contributed by atoms with E-state index in [-0.39, 0.29) is 53.2 Å². The van der Waals surface area contributed by atoms with Gasteiger partial charge in [-0.05, 0) is 37.0 Å². The van der Waals surface area contributed by atoms with Crippen molar-refractivity contribution < 1.29 is 19.5 Å². The van der Waals surface area contributed by atoms with Gasteiger partial charge in [-0.15, -0.1) is 0 Å². The number of halogens is 2. The fraction of sp³-hybridized carbons (Fsp3) is 0.424. The number of benzene rings is 2. The summed E-state index contributed by atoms with van der Waals surface area (Å²) in [5.41, 5.74) is 0.400. The summed E-state index contributed by atoms with van der Waals surface area (Å²) in [5, 5.41) is 14.6. The highest BCUT2D eigenvalue weighted by atomic mass is 35.5. The molecule has 14 heteroatoms. The van der Waals surface area contributed by atoms with Gasteiger partial charge in [0, 0.05) is 61.1 Å². The minimum absolute atomic E-state index is 0.0542. The van der Waals surface area contributed by atoms with Gasteiger partial charge in [-0.2, -0.15) is 0 Å². The Morgan fingerprint density at radius 3 is 2.36 bits per heavy atom. The van der Waals surface area contributed by atoms with E-state index >= 15 is 0 Å². The van der Waals surface area contributed by atoms with Gasteiger partial charge in [0.15, 0.2) is 0 Å². The first-order valence-corrected chi connectivity index (χ1v) is 16.3. The Hall–Kier alpha value is -4.29. The Labute approximate surface area is 281 Å². The van der Waals surface area contributed by atoms with Crippen molar-refractivity contribution in [1.29, 1.82) is 0 Å².